The SMILES string of the molecule is Cc1nc(C)c(-c2nnc(SC(C)c3nc4scc(-c5ccco5)c4c(=O)[nH]3)o2)s1. The second-order valence-corrected chi connectivity index (χ2v) is 9.89. The van der Waals surface area contributed by atoms with Gasteiger partial charge in [0.15, 0.2) is 0 Å². The highest BCUT2D eigenvalue weighted by molar-refractivity contribution is 7.99. The fourth-order valence-electron chi connectivity index (χ4n) is 3.06. The molecule has 1 unspecified atom stereocenters. The van der Waals surface area contributed by atoms with Crippen molar-refractivity contribution in [3.63, 3.8) is 0 Å². The maximum atomic E-state index is 12.8. The number of rotatable bonds is 5. The number of H-pyrrole nitrogens is 1. The molecule has 0 saturated heterocycles. The van der Waals surface area contributed by atoms with Gasteiger partial charge in [-0.05, 0) is 32.9 Å². The molecule has 5 aromatic heterocycles. The molecule has 5 heterocycles. The van der Waals surface area contributed by atoms with Gasteiger partial charge in [0, 0.05) is 10.9 Å². The third-order valence-corrected chi connectivity index (χ3v) is 7.29. The van der Waals surface area contributed by atoms with Crippen LogP contribution in [0.4, 0.5) is 0 Å². The Morgan fingerprint density at radius 1 is 1.23 bits per heavy atom. The van der Waals surface area contributed by atoms with E-state index in [1.165, 1.54) is 34.4 Å². The quantitative estimate of drug-likeness (QED) is 0.358. The molecule has 0 aliphatic heterocycles. The molecule has 30 heavy (non-hydrogen) atoms. The van der Waals surface area contributed by atoms with E-state index in [2.05, 4.69) is 25.1 Å². The van der Waals surface area contributed by atoms with Gasteiger partial charge in [-0.1, -0.05) is 11.8 Å². The number of furan rings is 1. The van der Waals surface area contributed by atoms with E-state index in [4.69, 9.17) is 8.83 Å². The zero-order valence-electron chi connectivity index (χ0n) is 16.1. The Balaban J connectivity index is 1.42. The molecule has 1 atom stereocenters. The molecule has 0 aliphatic carbocycles. The molecule has 0 aliphatic rings. The normalized spacial score (nSPS) is 12.6. The predicted octanol–water partition coefficient (Wildman–Crippen LogP) is 5.22. The average Bonchev–Trinajstić information content (AvgIpc) is 3.47. The Labute approximate surface area is 182 Å². The van der Waals surface area contributed by atoms with Crippen LogP contribution in [-0.4, -0.2) is 25.1 Å². The van der Waals surface area contributed by atoms with Crippen LogP contribution < -0.4 is 5.56 Å². The van der Waals surface area contributed by atoms with E-state index >= 15 is 0 Å². The topological polar surface area (TPSA) is 111 Å². The predicted molar refractivity (Wildman–Crippen MR) is 117 cm³/mol. The van der Waals surface area contributed by atoms with Gasteiger partial charge in [-0.15, -0.1) is 32.9 Å². The molecule has 0 radical (unpaired) electrons. The Hall–Kier alpha value is -2.76. The fraction of sp³-hybridized carbons (Fsp3) is 0.211. The van der Waals surface area contributed by atoms with E-state index in [0.717, 1.165) is 21.1 Å². The molecule has 11 heteroatoms. The van der Waals surface area contributed by atoms with Gasteiger partial charge in [-0.2, -0.15) is 0 Å². The highest BCUT2D eigenvalue weighted by atomic mass is 32.2. The second-order valence-electron chi connectivity index (χ2n) is 6.54. The standard InChI is InChI=1S/C19H15N5O3S3/c1-8-14(30-10(3)20-8)17-23-24-19(27-17)29-9(2)15-21-16(25)13-11(7-28-18(13)22-15)12-5-4-6-26-12/h4-7,9H,1-3H3,(H,21,22,25). The third-order valence-electron chi connectivity index (χ3n) is 4.42. The highest BCUT2D eigenvalue weighted by Crippen LogP contribution is 2.37. The van der Waals surface area contributed by atoms with E-state index in [-0.39, 0.29) is 10.8 Å². The summed E-state index contributed by atoms with van der Waals surface area (Å²) in [5.41, 5.74) is 1.42. The average molecular weight is 458 g/mol. The second kappa shape index (κ2) is 7.49. The maximum absolute atomic E-state index is 12.8. The molecule has 0 spiro atoms. The minimum absolute atomic E-state index is 0.186. The van der Waals surface area contributed by atoms with Gasteiger partial charge < -0.3 is 13.8 Å². The van der Waals surface area contributed by atoms with Crippen LogP contribution >= 0.6 is 34.4 Å². The molecule has 0 fully saturated rings. The number of aromatic amines is 1. The van der Waals surface area contributed by atoms with Crippen molar-refractivity contribution in [2.24, 2.45) is 0 Å². The van der Waals surface area contributed by atoms with E-state index in [9.17, 15) is 4.79 Å². The highest BCUT2D eigenvalue weighted by Gasteiger charge is 2.21. The van der Waals surface area contributed by atoms with Crippen molar-refractivity contribution < 1.29 is 8.83 Å². The lowest BCUT2D eigenvalue weighted by atomic mass is 10.2. The first-order chi connectivity index (χ1) is 14.5. The monoisotopic (exact) mass is 457 g/mol. The van der Waals surface area contributed by atoms with Crippen molar-refractivity contribution >= 4 is 44.7 Å². The summed E-state index contributed by atoms with van der Waals surface area (Å²) in [4.78, 5) is 26.2. The number of nitrogens with one attached hydrogen (secondary N) is 1. The summed E-state index contributed by atoms with van der Waals surface area (Å²) in [6.07, 6.45) is 1.58. The summed E-state index contributed by atoms with van der Waals surface area (Å²) in [5.74, 6) is 1.65. The molecule has 0 saturated carbocycles. The number of fused-ring (bicyclic) bond motifs is 1. The Morgan fingerprint density at radius 2 is 2.10 bits per heavy atom. The van der Waals surface area contributed by atoms with E-state index in [1.807, 2.05) is 32.2 Å². The Morgan fingerprint density at radius 3 is 2.83 bits per heavy atom. The molecule has 0 aromatic carbocycles. The van der Waals surface area contributed by atoms with Crippen LogP contribution in [0.15, 0.2) is 42.6 Å². The first-order valence-corrected chi connectivity index (χ1v) is 11.6. The smallest absolute Gasteiger partial charge is 0.277 e. The lowest BCUT2D eigenvalue weighted by molar-refractivity contribution is 0.465. The fourth-order valence-corrected chi connectivity index (χ4v) is 5.57. The Kier molecular flexibility index (Phi) is 4.80. The van der Waals surface area contributed by atoms with Gasteiger partial charge in [0.05, 0.1) is 27.6 Å². The van der Waals surface area contributed by atoms with Crippen molar-refractivity contribution in [3.05, 3.63) is 50.7 Å². The number of aromatic nitrogens is 5. The van der Waals surface area contributed by atoms with Crippen molar-refractivity contribution in [2.75, 3.05) is 0 Å². The summed E-state index contributed by atoms with van der Waals surface area (Å²) in [7, 11) is 0. The van der Waals surface area contributed by atoms with Gasteiger partial charge in [-0.25, -0.2) is 9.97 Å². The molecule has 5 aromatic rings. The first kappa shape index (κ1) is 19.2. The van der Waals surface area contributed by atoms with Crippen LogP contribution in [0.1, 0.15) is 28.7 Å². The molecule has 1 N–H and O–H groups in total. The lowest BCUT2D eigenvalue weighted by Gasteiger charge is -2.07. The zero-order chi connectivity index (χ0) is 20.8. The Bertz CT molecular complexity index is 1400. The van der Waals surface area contributed by atoms with Crippen LogP contribution in [-0.2, 0) is 0 Å². The molecular formula is C19H15N5O3S3. The van der Waals surface area contributed by atoms with Gasteiger partial charge in [0.2, 0.25) is 0 Å². The number of thioether (sulfide) groups is 1. The number of hydrogen-bond acceptors (Lipinski definition) is 10. The van der Waals surface area contributed by atoms with Crippen LogP contribution in [0.25, 0.3) is 32.3 Å². The number of nitrogens with zero attached hydrogens (tertiary/aromatic N) is 4. The minimum atomic E-state index is -0.197. The maximum Gasteiger partial charge on any atom is 0.277 e. The van der Waals surface area contributed by atoms with E-state index in [0.29, 0.717) is 32.9 Å². The van der Waals surface area contributed by atoms with Crippen LogP contribution in [0, 0.1) is 13.8 Å². The lowest BCUT2D eigenvalue weighted by Crippen LogP contribution is -2.12. The molecular weight excluding hydrogens is 442 g/mol. The summed E-state index contributed by atoms with van der Waals surface area (Å²) in [6, 6.07) is 3.62. The van der Waals surface area contributed by atoms with Gasteiger partial charge in [0.25, 0.3) is 16.7 Å². The van der Waals surface area contributed by atoms with Crippen LogP contribution in [0.5, 0.6) is 0 Å². The summed E-state index contributed by atoms with van der Waals surface area (Å²) in [6.45, 7) is 5.79. The number of hydrogen-bond donors (Lipinski definition) is 1. The van der Waals surface area contributed by atoms with Gasteiger partial charge in [-0.3, -0.25) is 4.79 Å². The van der Waals surface area contributed by atoms with Crippen molar-refractivity contribution in [1.82, 2.24) is 25.1 Å². The van der Waals surface area contributed by atoms with Gasteiger partial charge in [0.1, 0.15) is 21.3 Å². The van der Waals surface area contributed by atoms with Crippen LogP contribution in [0.3, 0.4) is 0 Å². The first-order valence-electron chi connectivity index (χ1n) is 8.99. The number of aryl methyl sites for hydroxylation is 2. The van der Waals surface area contributed by atoms with Gasteiger partial charge >= 0.3 is 0 Å². The summed E-state index contributed by atoms with van der Waals surface area (Å²) < 4.78 is 11.2. The summed E-state index contributed by atoms with van der Waals surface area (Å²) in [5, 5.41) is 11.9. The number of thiazole rings is 1. The minimum Gasteiger partial charge on any atom is -0.464 e. The molecule has 152 valence electrons. The van der Waals surface area contributed by atoms with Crippen molar-refractivity contribution in [3.8, 4) is 22.1 Å². The van der Waals surface area contributed by atoms with E-state index < -0.39 is 0 Å². The summed E-state index contributed by atoms with van der Waals surface area (Å²) >= 11 is 4.27. The molecule has 8 nitrogen and oxygen atoms in total. The third kappa shape index (κ3) is 3.38. The zero-order valence-corrected chi connectivity index (χ0v) is 18.6. The van der Waals surface area contributed by atoms with E-state index in [1.54, 1.807) is 12.3 Å². The molecule has 0 amide bonds. The van der Waals surface area contributed by atoms with Crippen molar-refractivity contribution in [1.29, 1.82) is 0 Å². The largest absolute Gasteiger partial charge is 0.464 e. The molecule has 5 rings (SSSR count). The number of thiophene rings is 1. The van der Waals surface area contributed by atoms with Crippen LogP contribution in [0.2, 0.25) is 0 Å². The molecule has 0 bridgehead atoms. The van der Waals surface area contributed by atoms with Crippen molar-refractivity contribution in [2.45, 2.75) is 31.2 Å².